The fourth-order valence-corrected chi connectivity index (χ4v) is 7.16. The molecule has 1 saturated heterocycles. The van der Waals surface area contributed by atoms with Gasteiger partial charge in [-0.15, -0.1) is 0 Å². The number of amides is 1. The van der Waals surface area contributed by atoms with Gasteiger partial charge in [0.15, 0.2) is 0 Å². The van der Waals surface area contributed by atoms with Gasteiger partial charge in [0.1, 0.15) is 5.82 Å². The molecule has 6 atom stereocenters. The number of rotatable bonds is 9. The van der Waals surface area contributed by atoms with Crippen molar-refractivity contribution in [1.82, 2.24) is 10.0 Å². The predicted octanol–water partition coefficient (Wildman–Crippen LogP) is 2.23. The van der Waals surface area contributed by atoms with Crippen molar-refractivity contribution in [2.45, 2.75) is 82.5 Å². The number of halogens is 1. The average Bonchev–Trinajstić information content (AvgIpc) is 3.14. The molecule has 0 spiro atoms. The van der Waals surface area contributed by atoms with Crippen molar-refractivity contribution < 1.29 is 26.9 Å². The van der Waals surface area contributed by atoms with Crippen LogP contribution in [0.3, 0.4) is 0 Å². The number of nitrogens with one attached hydrogen (secondary N) is 2. The zero-order chi connectivity index (χ0) is 25.8. The SMILES string of the molecule is CC(C)C[C@H](NC(=O)[C@@H](N)CNS(=O)(=O)c1ccc(F)cc1)B1O[C@@H]2C[C@@H]3C[C@@H](C3(C)C)[C@]2(C)O1. The third kappa shape index (κ3) is 5.02. The van der Waals surface area contributed by atoms with E-state index in [0.717, 1.165) is 37.1 Å². The molecule has 1 aliphatic heterocycles. The molecule has 1 heterocycles. The maximum atomic E-state index is 13.1. The van der Waals surface area contributed by atoms with Crippen LogP contribution in [0.2, 0.25) is 0 Å². The van der Waals surface area contributed by atoms with E-state index in [4.69, 9.17) is 15.0 Å². The molecule has 0 radical (unpaired) electrons. The lowest BCUT2D eigenvalue weighted by Crippen LogP contribution is -2.65. The maximum absolute atomic E-state index is 13.1. The molecule has 4 fully saturated rings. The van der Waals surface area contributed by atoms with Crippen LogP contribution < -0.4 is 15.8 Å². The highest BCUT2D eigenvalue weighted by Gasteiger charge is 2.68. The van der Waals surface area contributed by atoms with Crippen molar-refractivity contribution in [3.05, 3.63) is 30.1 Å². The monoisotopic (exact) mass is 509 g/mol. The summed E-state index contributed by atoms with van der Waals surface area (Å²) in [5.41, 5.74) is 5.85. The summed E-state index contributed by atoms with van der Waals surface area (Å²) in [5.74, 6) is -0.154. The van der Waals surface area contributed by atoms with E-state index in [9.17, 15) is 17.6 Å². The Hall–Kier alpha value is -1.53. The highest BCUT2D eigenvalue weighted by molar-refractivity contribution is 7.89. The lowest BCUT2D eigenvalue weighted by molar-refractivity contribution is -0.199. The van der Waals surface area contributed by atoms with Gasteiger partial charge in [0.25, 0.3) is 0 Å². The Balaban J connectivity index is 1.39. The van der Waals surface area contributed by atoms with E-state index in [1.807, 2.05) is 0 Å². The van der Waals surface area contributed by atoms with Crippen LogP contribution in [0.4, 0.5) is 4.39 Å². The van der Waals surface area contributed by atoms with E-state index in [1.54, 1.807) is 0 Å². The number of benzene rings is 1. The number of carbonyl (C=O) groups is 1. The van der Waals surface area contributed by atoms with Crippen molar-refractivity contribution in [3.8, 4) is 0 Å². The molecule has 0 unspecified atom stereocenters. The second-order valence-electron chi connectivity index (χ2n) is 11.5. The Kier molecular flexibility index (Phi) is 7.13. The van der Waals surface area contributed by atoms with E-state index >= 15 is 0 Å². The molecule has 194 valence electrons. The fourth-order valence-electron chi connectivity index (χ4n) is 6.10. The van der Waals surface area contributed by atoms with Gasteiger partial charge in [-0.1, -0.05) is 27.7 Å². The van der Waals surface area contributed by atoms with Crippen LogP contribution in [0.5, 0.6) is 0 Å². The molecule has 1 aromatic rings. The number of hydrogen-bond acceptors (Lipinski definition) is 6. The fraction of sp³-hybridized carbons (Fsp3) is 0.708. The minimum atomic E-state index is -3.93. The van der Waals surface area contributed by atoms with Crippen LogP contribution in [-0.4, -0.2) is 51.7 Å². The smallest absolute Gasteiger partial charge is 0.404 e. The maximum Gasteiger partial charge on any atom is 0.481 e. The van der Waals surface area contributed by atoms with Crippen LogP contribution in [-0.2, 0) is 24.1 Å². The van der Waals surface area contributed by atoms with Crippen molar-refractivity contribution in [3.63, 3.8) is 0 Å². The second kappa shape index (κ2) is 9.41. The number of sulfonamides is 1. The third-order valence-corrected chi connectivity index (χ3v) is 9.74. The van der Waals surface area contributed by atoms with Gasteiger partial charge in [0, 0.05) is 6.54 Å². The molecular weight excluding hydrogens is 472 g/mol. The average molecular weight is 509 g/mol. The Labute approximate surface area is 208 Å². The summed E-state index contributed by atoms with van der Waals surface area (Å²) in [6.45, 7) is 10.5. The van der Waals surface area contributed by atoms with Crippen LogP contribution >= 0.6 is 0 Å². The Bertz CT molecular complexity index is 1050. The molecule has 0 aromatic heterocycles. The molecule has 3 aliphatic carbocycles. The predicted molar refractivity (Wildman–Crippen MR) is 131 cm³/mol. The van der Waals surface area contributed by atoms with Crippen molar-refractivity contribution in [1.29, 1.82) is 0 Å². The van der Waals surface area contributed by atoms with Gasteiger partial charge in [-0.3, -0.25) is 4.79 Å². The van der Waals surface area contributed by atoms with E-state index < -0.39 is 46.5 Å². The largest absolute Gasteiger partial charge is 0.481 e. The number of hydrogen-bond donors (Lipinski definition) is 3. The molecule has 4 aliphatic rings. The zero-order valence-electron chi connectivity index (χ0n) is 21.1. The summed E-state index contributed by atoms with van der Waals surface area (Å²) in [5, 5.41) is 2.95. The first-order valence-corrected chi connectivity index (χ1v) is 13.9. The Morgan fingerprint density at radius 3 is 2.49 bits per heavy atom. The lowest BCUT2D eigenvalue weighted by atomic mass is 9.43. The van der Waals surface area contributed by atoms with Crippen LogP contribution in [0, 0.1) is 29.0 Å². The molecule has 4 N–H and O–H groups in total. The third-order valence-electron chi connectivity index (χ3n) is 8.30. The molecule has 3 saturated carbocycles. The summed E-state index contributed by atoms with van der Waals surface area (Å²) >= 11 is 0. The standard InChI is InChI=1S/C24H37BFN3O5S/c1-14(2)10-21(25-33-20-12-15-11-19(23(15,3)4)24(20,5)34-25)29-22(30)18(27)13-28-35(31,32)17-8-6-16(26)7-9-17/h6-9,14-15,18-21,28H,10-13,27H2,1-5H3,(H,29,30)/t15-,18-,19-,20+,21-,24-/m0/s1. The first-order valence-electron chi connectivity index (χ1n) is 12.4. The molecule has 11 heteroatoms. The van der Waals surface area contributed by atoms with E-state index in [1.165, 1.54) is 0 Å². The first kappa shape index (κ1) is 26.5. The van der Waals surface area contributed by atoms with Gasteiger partial charge in [-0.2, -0.15) is 0 Å². The highest BCUT2D eigenvalue weighted by atomic mass is 32.2. The summed E-state index contributed by atoms with van der Waals surface area (Å²) in [7, 11) is -4.52. The van der Waals surface area contributed by atoms with E-state index in [-0.39, 0.29) is 28.9 Å². The molecule has 5 rings (SSSR count). The Morgan fingerprint density at radius 2 is 1.89 bits per heavy atom. The van der Waals surface area contributed by atoms with Crippen LogP contribution in [0.15, 0.2) is 29.2 Å². The quantitative estimate of drug-likeness (QED) is 0.440. The molecule has 2 bridgehead atoms. The summed E-state index contributed by atoms with van der Waals surface area (Å²) < 4.78 is 53.3. The van der Waals surface area contributed by atoms with Gasteiger partial charge >= 0.3 is 7.12 Å². The minimum Gasteiger partial charge on any atom is -0.404 e. The molecule has 1 aromatic carbocycles. The lowest BCUT2D eigenvalue weighted by Gasteiger charge is -2.64. The van der Waals surface area contributed by atoms with Gasteiger partial charge in [0.2, 0.25) is 15.9 Å². The van der Waals surface area contributed by atoms with E-state index in [2.05, 4.69) is 44.7 Å². The van der Waals surface area contributed by atoms with Crippen LogP contribution in [0.1, 0.15) is 53.9 Å². The van der Waals surface area contributed by atoms with Crippen molar-refractivity contribution in [2.24, 2.45) is 28.9 Å². The van der Waals surface area contributed by atoms with Gasteiger partial charge in [0.05, 0.1) is 28.6 Å². The van der Waals surface area contributed by atoms with Gasteiger partial charge in [-0.05, 0) is 73.6 Å². The summed E-state index contributed by atoms with van der Waals surface area (Å²) in [6.07, 6.45) is 2.71. The normalized spacial score (nSPS) is 31.0. The van der Waals surface area contributed by atoms with E-state index in [0.29, 0.717) is 18.3 Å². The molecule has 8 nitrogen and oxygen atoms in total. The molecular formula is C24H37BFN3O5S. The first-order chi connectivity index (χ1) is 16.2. The number of carbonyl (C=O) groups excluding carboxylic acids is 1. The summed E-state index contributed by atoms with van der Waals surface area (Å²) in [4.78, 5) is 12.8. The minimum absolute atomic E-state index is 0.00738. The molecule has 1 amide bonds. The molecule has 35 heavy (non-hydrogen) atoms. The topological polar surface area (TPSA) is 120 Å². The highest BCUT2D eigenvalue weighted by Crippen LogP contribution is 2.65. The van der Waals surface area contributed by atoms with Crippen molar-refractivity contribution >= 4 is 23.0 Å². The van der Waals surface area contributed by atoms with Crippen LogP contribution in [0.25, 0.3) is 0 Å². The van der Waals surface area contributed by atoms with Gasteiger partial charge in [-0.25, -0.2) is 17.5 Å². The zero-order valence-corrected chi connectivity index (χ0v) is 21.9. The summed E-state index contributed by atoms with van der Waals surface area (Å²) in [6, 6.07) is 3.31. The van der Waals surface area contributed by atoms with Crippen molar-refractivity contribution in [2.75, 3.05) is 6.54 Å². The number of nitrogens with two attached hydrogens (primary N) is 1. The second-order valence-corrected chi connectivity index (χ2v) is 13.3. The Morgan fingerprint density at radius 1 is 1.23 bits per heavy atom. The van der Waals surface area contributed by atoms with Gasteiger partial charge < -0.3 is 20.4 Å².